The Morgan fingerprint density at radius 3 is 1.98 bits per heavy atom. The molecule has 9 nitrogen and oxygen atoms in total. The highest BCUT2D eigenvalue weighted by Crippen LogP contribution is 2.39. The largest absolute Gasteiger partial charge is 0.465 e. The van der Waals surface area contributed by atoms with Crippen LogP contribution in [0.15, 0.2) is 54.6 Å². The Hall–Kier alpha value is -4.61. The van der Waals surface area contributed by atoms with Crippen molar-refractivity contribution in [2.24, 2.45) is 7.05 Å². The number of halogens is 3. The van der Waals surface area contributed by atoms with E-state index < -0.39 is 29.5 Å². The van der Waals surface area contributed by atoms with Gasteiger partial charge >= 0.3 is 18.4 Å². The first-order valence-corrected chi connectivity index (χ1v) is 13.3. The van der Waals surface area contributed by atoms with Crippen LogP contribution in [0.4, 0.5) is 22.8 Å². The number of benzene rings is 2. The van der Waals surface area contributed by atoms with Crippen LogP contribution >= 0.6 is 0 Å². The van der Waals surface area contributed by atoms with Crippen LogP contribution in [-0.4, -0.2) is 73.6 Å². The number of hydrogen-bond acceptors (Lipinski definition) is 5. The second-order valence-corrected chi connectivity index (χ2v) is 11.2. The van der Waals surface area contributed by atoms with Gasteiger partial charge in [0.05, 0.1) is 5.56 Å². The van der Waals surface area contributed by atoms with E-state index in [0.29, 0.717) is 30.1 Å². The molecule has 2 aliphatic rings. The molecule has 3 aromatic rings. The normalized spacial score (nSPS) is 15.6. The number of carbonyl (C=O) groups is 2. The quantitative estimate of drug-likeness (QED) is 0.395. The molecule has 0 bridgehead atoms. The summed E-state index contributed by atoms with van der Waals surface area (Å²) in [4.78, 5) is 26.3. The summed E-state index contributed by atoms with van der Waals surface area (Å²) in [5.41, 5.74) is 1.58. The first kappa shape index (κ1) is 28.9. The average molecular weight is 582 g/mol. The molecule has 12 heteroatoms. The summed E-state index contributed by atoms with van der Waals surface area (Å²) in [5, 5.41) is 17.6. The molecule has 0 aliphatic carbocycles. The molecule has 5 rings (SSSR count). The molecule has 3 heterocycles. The van der Waals surface area contributed by atoms with Gasteiger partial charge in [0.25, 0.3) is 0 Å². The third-order valence-electron chi connectivity index (χ3n) is 7.08. The summed E-state index contributed by atoms with van der Waals surface area (Å²) < 4.78 is 49.8. The molecule has 0 radical (unpaired) electrons. The number of carbonyl (C=O) groups excluding carboxylic acids is 1. The first-order valence-electron chi connectivity index (χ1n) is 13.3. The van der Waals surface area contributed by atoms with Gasteiger partial charge in [-0.05, 0) is 49.1 Å². The number of amides is 2. The number of rotatable bonds is 4. The molecule has 0 atom stereocenters. The van der Waals surface area contributed by atoms with Crippen molar-refractivity contribution in [3.8, 4) is 22.8 Å². The van der Waals surface area contributed by atoms with Crippen molar-refractivity contribution in [1.82, 2.24) is 24.6 Å². The van der Waals surface area contributed by atoms with Gasteiger partial charge in [-0.15, -0.1) is 10.2 Å². The van der Waals surface area contributed by atoms with Crippen molar-refractivity contribution in [1.29, 1.82) is 0 Å². The standard InChI is InChI=1S/C30H30F3N5O4/c1-29(2,3)42-28(41)38-14-12-22(17-38)23-10-9-20(15-24(23)30(31,32)33)26-35-34-25(36(26)4)19-7-5-18(6-8-19)21-11-13-37(16-21)27(39)40/h5-12,15H,13-14,16-17H2,1-4H3,(H,39,40). The van der Waals surface area contributed by atoms with Gasteiger partial charge in [-0.2, -0.15) is 13.2 Å². The lowest BCUT2D eigenvalue weighted by molar-refractivity contribution is -0.137. The van der Waals surface area contributed by atoms with Gasteiger partial charge in [0, 0.05) is 44.4 Å². The maximum atomic E-state index is 14.3. The Morgan fingerprint density at radius 2 is 1.38 bits per heavy atom. The summed E-state index contributed by atoms with van der Waals surface area (Å²) in [5.74, 6) is 0.728. The molecular formula is C30H30F3N5O4. The first-order chi connectivity index (χ1) is 19.7. The van der Waals surface area contributed by atoms with Crippen LogP contribution in [0.3, 0.4) is 0 Å². The van der Waals surface area contributed by atoms with Gasteiger partial charge in [-0.3, -0.25) is 0 Å². The topological polar surface area (TPSA) is 101 Å². The molecule has 1 N–H and O–H groups in total. The lowest BCUT2D eigenvalue weighted by Crippen LogP contribution is -2.35. The predicted octanol–water partition coefficient (Wildman–Crippen LogP) is 6.18. The Morgan fingerprint density at radius 1 is 0.833 bits per heavy atom. The van der Waals surface area contributed by atoms with E-state index in [1.54, 1.807) is 44.5 Å². The lowest BCUT2D eigenvalue weighted by atomic mass is 9.97. The van der Waals surface area contributed by atoms with E-state index in [9.17, 15) is 27.9 Å². The predicted molar refractivity (Wildman–Crippen MR) is 150 cm³/mol. The monoisotopic (exact) mass is 581 g/mol. The Kier molecular flexibility index (Phi) is 7.33. The highest BCUT2D eigenvalue weighted by atomic mass is 19.4. The number of alkyl halides is 3. The van der Waals surface area contributed by atoms with Crippen LogP contribution in [-0.2, 0) is 18.0 Å². The van der Waals surface area contributed by atoms with Crippen molar-refractivity contribution < 1.29 is 32.6 Å². The molecule has 2 amide bonds. The van der Waals surface area contributed by atoms with E-state index in [-0.39, 0.29) is 30.0 Å². The highest BCUT2D eigenvalue weighted by molar-refractivity contribution is 5.80. The van der Waals surface area contributed by atoms with Gasteiger partial charge in [-0.25, -0.2) is 9.59 Å². The third-order valence-corrected chi connectivity index (χ3v) is 7.08. The molecule has 0 saturated carbocycles. The molecule has 0 fully saturated rings. The fourth-order valence-corrected chi connectivity index (χ4v) is 4.99. The summed E-state index contributed by atoms with van der Waals surface area (Å²) >= 11 is 0. The summed E-state index contributed by atoms with van der Waals surface area (Å²) in [6.45, 7) is 5.98. The van der Waals surface area contributed by atoms with E-state index in [1.165, 1.54) is 15.9 Å². The molecule has 42 heavy (non-hydrogen) atoms. The zero-order valence-corrected chi connectivity index (χ0v) is 23.6. The maximum absolute atomic E-state index is 14.3. The summed E-state index contributed by atoms with van der Waals surface area (Å²) in [7, 11) is 1.68. The minimum absolute atomic E-state index is 0.00188. The van der Waals surface area contributed by atoms with Gasteiger partial charge in [0.1, 0.15) is 5.60 Å². The van der Waals surface area contributed by atoms with Crippen molar-refractivity contribution in [3.05, 3.63) is 71.3 Å². The molecule has 0 spiro atoms. The second kappa shape index (κ2) is 10.7. The van der Waals surface area contributed by atoms with Crippen molar-refractivity contribution in [2.45, 2.75) is 32.5 Å². The van der Waals surface area contributed by atoms with Crippen LogP contribution in [0.25, 0.3) is 33.9 Å². The lowest BCUT2D eigenvalue weighted by Gasteiger charge is -2.24. The number of hydrogen-bond donors (Lipinski definition) is 1. The Bertz CT molecular complexity index is 1600. The number of aromatic nitrogens is 3. The minimum Gasteiger partial charge on any atom is -0.465 e. The summed E-state index contributed by atoms with van der Waals surface area (Å²) in [6.07, 6.45) is -2.73. The molecule has 2 aromatic carbocycles. The van der Waals surface area contributed by atoms with Gasteiger partial charge in [0.15, 0.2) is 11.6 Å². The molecule has 0 saturated heterocycles. The van der Waals surface area contributed by atoms with Gasteiger partial charge in [0.2, 0.25) is 0 Å². The van der Waals surface area contributed by atoms with Gasteiger partial charge in [-0.1, -0.05) is 48.6 Å². The van der Waals surface area contributed by atoms with Crippen molar-refractivity contribution in [3.63, 3.8) is 0 Å². The van der Waals surface area contributed by atoms with E-state index in [2.05, 4.69) is 10.2 Å². The second-order valence-electron chi connectivity index (χ2n) is 11.2. The molecule has 220 valence electrons. The number of carboxylic acid groups (broad SMARTS) is 1. The van der Waals surface area contributed by atoms with Crippen molar-refractivity contribution >= 4 is 23.3 Å². The SMILES string of the molecule is Cn1c(-c2ccc(C3=CCN(C(=O)O)C3)cc2)nnc1-c1ccc(C2=CCN(C(=O)OC(C)(C)C)C2)c(C(F)(F)F)c1. The van der Waals surface area contributed by atoms with Crippen LogP contribution in [0.2, 0.25) is 0 Å². The van der Waals surface area contributed by atoms with Crippen LogP contribution < -0.4 is 0 Å². The highest BCUT2D eigenvalue weighted by Gasteiger charge is 2.36. The fourth-order valence-electron chi connectivity index (χ4n) is 4.99. The molecule has 0 unspecified atom stereocenters. The molecule has 2 aliphatic heterocycles. The summed E-state index contributed by atoms with van der Waals surface area (Å²) in [6, 6.07) is 11.4. The van der Waals surface area contributed by atoms with Crippen LogP contribution in [0.1, 0.15) is 37.5 Å². The zero-order chi connectivity index (χ0) is 30.4. The van der Waals surface area contributed by atoms with Crippen LogP contribution in [0, 0.1) is 0 Å². The minimum atomic E-state index is -4.64. The Balaban J connectivity index is 1.38. The van der Waals surface area contributed by atoms with Gasteiger partial charge < -0.3 is 24.2 Å². The Labute approximate surface area is 240 Å². The van der Waals surface area contributed by atoms with E-state index in [4.69, 9.17) is 4.74 Å². The van der Waals surface area contributed by atoms with Crippen LogP contribution in [0.5, 0.6) is 0 Å². The fraction of sp³-hybridized carbons (Fsp3) is 0.333. The van der Waals surface area contributed by atoms with E-state index in [0.717, 1.165) is 17.2 Å². The van der Waals surface area contributed by atoms with E-state index >= 15 is 0 Å². The third kappa shape index (κ3) is 5.88. The van der Waals surface area contributed by atoms with E-state index in [1.807, 2.05) is 30.3 Å². The molecular weight excluding hydrogens is 551 g/mol. The number of nitrogens with zero attached hydrogens (tertiary/aromatic N) is 5. The molecule has 1 aromatic heterocycles. The maximum Gasteiger partial charge on any atom is 0.417 e. The van der Waals surface area contributed by atoms with Crippen molar-refractivity contribution in [2.75, 3.05) is 26.2 Å². The smallest absolute Gasteiger partial charge is 0.417 e. The average Bonchev–Trinajstić information content (AvgIpc) is 3.67. The number of ether oxygens (including phenoxy) is 1. The zero-order valence-electron chi connectivity index (χ0n) is 23.6.